The molecular formula is C24H19BrN4O3. The number of amides is 2. The van der Waals surface area contributed by atoms with Crippen molar-refractivity contribution in [3.8, 4) is 0 Å². The van der Waals surface area contributed by atoms with Gasteiger partial charge in [-0.15, -0.1) is 0 Å². The molecule has 32 heavy (non-hydrogen) atoms. The van der Waals surface area contributed by atoms with Crippen molar-refractivity contribution in [2.24, 2.45) is 0 Å². The summed E-state index contributed by atoms with van der Waals surface area (Å²) < 4.78 is 1.99. The van der Waals surface area contributed by atoms with E-state index >= 15 is 0 Å². The van der Waals surface area contributed by atoms with Crippen LogP contribution < -0.4 is 16.2 Å². The van der Waals surface area contributed by atoms with Crippen LogP contribution in [0.4, 0.5) is 5.69 Å². The minimum atomic E-state index is -0.438. The van der Waals surface area contributed by atoms with Gasteiger partial charge in [0.15, 0.2) is 0 Å². The maximum atomic E-state index is 12.7. The predicted molar refractivity (Wildman–Crippen MR) is 126 cm³/mol. The maximum Gasteiger partial charge on any atom is 0.261 e. The van der Waals surface area contributed by atoms with Gasteiger partial charge in [0.05, 0.1) is 28.5 Å². The number of nitrogens with one attached hydrogen (secondary N) is 2. The minimum Gasteiger partial charge on any atom is -0.348 e. The Labute approximate surface area is 192 Å². The van der Waals surface area contributed by atoms with Crippen LogP contribution in [-0.4, -0.2) is 21.4 Å². The number of para-hydroxylation sites is 1. The topological polar surface area (TPSA) is 93.1 Å². The number of nitrogens with zero attached hydrogens (tertiary/aromatic N) is 2. The number of carbonyl (C=O) groups excluding carboxylic acids is 2. The van der Waals surface area contributed by atoms with Crippen molar-refractivity contribution in [1.29, 1.82) is 0 Å². The molecule has 2 N–H and O–H groups in total. The molecular weight excluding hydrogens is 472 g/mol. The summed E-state index contributed by atoms with van der Waals surface area (Å²) in [4.78, 5) is 42.3. The van der Waals surface area contributed by atoms with Crippen LogP contribution in [0.25, 0.3) is 10.9 Å². The SMILES string of the molecule is O=C(Cn1cnc2ccc(Br)cc2c1=O)Nc1ccccc1C(=O)NCc1ccccc1. The van der Waals surface area contributed by atoms with E-state index in [1.807, 2.05) is 30.3 Å². The molecule has 0 saturated heterocycles. The Bertz CT molecular complexity index is 1350. The van der Waals surface area contributed by atoms with Gasteiger partial charge in [-0.25, -0.2) is 4.98 Å². The largest absolute Gasteiger partial charge is 0.348 e. The average Bonchev–Trinajstić information content (AvgIpc) is 2.81. The first-order valence-corrected chi connectivity index (χ1v) is 10.7. The van der Waals surface area contributed by atoms with Crippen molar-refractivity contribution in [2.45, 2.75) is 13.1 Å². The Morgan fingerprint density at radius 1 is 0.969 bits per heavy atom. The molecule has 7 nitrogen and oxygen atoms in total. The summed E-state index contributed by atoms with van der Waals surface area (Å²) in [5.41, 5.74) is 1.91. The van der Waals surface area contributed by atoms with Crippen molar-refractivity contribution in [3.63, 3.8) is 0 Å². The Morgan fingerprint density at radius 3 is 2.53 bits per heavy atom. The van der Waals surface area contributed by atoms with Gasteiger partial charge in [0.2, 0.25) is 5.91 Å². The molecule has 4 aromatic rings. The lowest BCUT2D eigenvalue weighted by atomic mass is 10.1. The second-order valence-electron chi connectivity index (χ2n) is 7.10. The standard InChI is InChI=1S/C24H19BrN4O3/c25-17-10-11-20-19(12-17)24(32)29(15-27-20)14-22(30)28-21-9-5-4-8-18(21)23(31)26-13-16-6-2-1-3-7-16/h1-12,15H,13-14H2,(H,26,31)(H,28,30). The number of hydrogen-bond acceptors (Lipinski definition) is 4. The molecule has 4 rings (SSSR count). The summed E-state index contributed by atoms with van der Waals surface area (Å²) in [6.07, 6.45) is 1.34. The van der Waals surface area contributed by atoms with E-state index in [0.29, 0.717) is 28.7 Å². The summed E-state index contributed by atoms with van der Waals surface area (Å²) in [5, 5.41) is 5.99. The number of aromatic nitrogens is 2. The Morgan fingerprint density at radius 2 is 1.72 bits per heavy atom. The predicted octanol–water partition coefficient (Wildman–Crippen LogP) is 3.73. The average molecular weight is 491 g/mol. The van der Waals surface area contributed by atoms with Crippen molar-refractivity contribution in [2.75, 3.05) is 5.32 Å². The fourth-order valence-electron chi connectivity index (χ4n) is 3.25. The van der Waals surface area contributed by atoms with E-state index in [4.69, 9.17) is 0 Å². The highest BCUT2D eigenvalue weighted by atomic mass is 79.9. The highest BCUT2D eigenvalue weighted by Gasteiger charge is 2.14. The quantitative estimate of drug-likeness (QED) is 0.430. The number of rotatable bonds is 6. The smallest absolute Gasteiger partial charge is 0.261 e. The van der Waals surface area contributed by atoms with Gasteiger partial charge in [0, 0.05) is 11.0 Å². The molecule has 0 bridgehead atoms. The van der Waals surface area contributed by atoms with Crippen LogP contribution in [0.3, 0.4) is 0 Å². The highest BCUT2D eigenvalue weighted by Crippen LogP contribution is 2.16. The van der Waals surface area contributed by atoms with E-state index in [0.717, 1.165) is 10.0 Å². The van der Waals surface area contributed by atoms with Crippen LogP contribution in [0.15, 0.2) is 88.4 Å². The van der Waals surface area contributed by atoms with Crippen molar-refractivity contribution < 1.29 is 9.59 Å². The van der Waals surface area contributed by atoms with Crippen LogP contribution in [0.2, 0.25) is 0 Å². The Kier molecular flexibility index (Phi) is 6.42. The number of hydrogen-bond donors (Lipinski definition) is 2. The monoisotopic (exact) mass is 490 g/mol. The third-order valence-electron chi connectivity index (χ3n) is 4.84. The second-order valence-corrected chi connectivity index (χ2v) is 8.02. The molecule has 1 aromatic heterocycles. The third kappa shape index (κ3) is 4.92. The van der Waals surface area contributed by atoms with Crippen LogP contribution in [0.1, 0.15) is 15.9 Å². The molecule has 0 aliphatic carbocycles. The van der Waals surface area contributed by atoms with Gasteiger partial charge in [-0.3, -0.25) is 19.0 Å². The van der Waals surface area contributed by atoms with E-state index in [2.05, 4.69) is 31.5 Å². The molecule has 1 heterocycles. The molecule has 0 radical (unpaired) electrons. The van der Waals surface area contributed by atoms with Gasteiger partial charge in [-0.2, -0.15) is 0 Å². The molecule has 3 aromatic carbocycles. The molecule has 0 aliphatic rings. The van der Waals surface area contributed by atoms with Gasteiger partial charge in [0.1, 0.15) is 6.54 Å². The molecule has 0 atom stereocenters. The Hall–Kier alpha value is -3.78. The number of fused-ring (bicyclic) bond motifs is 1. The Balaban J connectivity index is 1.48. The lowest BCUT2D eigenvalue weighted by Gasteiger charge is -2.12. The van der Waals surface area contributed by atoms with E-state index in [9.17, 15) is 14.4 Å². The van der Waals surface area contributed by atoms with Gasteiger partial charge < -0.3 is 10.6 Å². The fourth-order valence-corrected chi connectivity index (χ4v) is 3.61. The molecule has 2 amide bonds. The van der Waals surface area contributed by atoms with Gasteiger partial charge in [-0.1, -0.05) is 58.4 Å². The van der Waals surface area contributed by atoms with Crippen LogP contribution in [-0.2, 0) is 17.9 Å². The van der Waals surface area contributed by atoms with Crippen LogP contribution >= 0.6 is 15.9 Å². The highest BCUT2D eigenvalue weighted by molar-refractivity contribution is 9.10. The maximum absolute atomic E-state index is 12.7. The summed E-state index contributed by atoms with van der Waals surface area (Å²) in [7, 11) is 0. The van der Waals surface area contributed by atoms with Crippen molar-refractivity contribution in [1.82, 2.24) is 14.9 Å². The molecule has 8 heteroatoms. The zero-order valence-electron chi connectivity index (χ0n) is 16.9. The van der Waals surface area contributed by atoms with Crippen molar-refractivity contribution >= 4 is 44.3 Å². The first kappa shape index (κ1) is 21.5. The van der Waals surface area contributed by atoms with E-state index in [1.165, 1.54) is 10.9 Å². The summed E-state index contributed by atoms with van der Waals surface area (Å²) in [6.45, 7) is 0.143. The number of anilines is 1. The summed E-state index contributed by atoms with van der Waals surface area (Å²) in [6, 6.07) is 21.5. The molecule has 0 aliphatic heterocycles. The second kappa shape index (κ2) is 9.57. The number of benzene rings is 3. The summed E-state index contributed by atoms with van der Waals surface area (Å²) in [5.74, 6) is -0.745. The number of carbonyl (C=O) groups is 2. The first-order valence-electron chi connectivity index (χ1n) is 9.87. The molecule has 160 valence electrons. The molecule has 0 spiro atoms. The van der Waals surface area contributed by atoms with E-state index in [-0.39, 0.29) is 18.0 Å². The van der Waals surface area contributed by atoms with E-state index in [1.54, 1.807) is 42.5 Å². The first-order chi connectivity index (χ1) is 15.5. The van der Waals surface area contributed by atoms with Gasteiger partial charge in [-0.05, 0) is 35.9 Å². The minimum absolute atomic E-state index is 0.228. The zero-order valence-corrected chi connectivity index (χ0v) is 18.5. The van der Waals surface area contributed by atoms with Gasteiger partial charge >= 0.3 is 0 Å². The fraction of sp³-hybridized carbons (Fsp3) is 0.0833. The lowest BCUT2D eigenvalue weighted by molar-refractivity contribution is -0.116. The van der Waals surface area contributed by atoms with Crippen LogP contribution in [0, 0.1) is 0 Å². The van der Waals surface area contributed by atoms with Crippen molar-refractivity contribution in [3.05, 3.63) is 105 Å². The zero-order chi connectivity index (χ0) is 22.5. The number of halogens is 1. The normalized spacial score (nSPS) is 10.7. The van der Waals surface area contributed by atoms with Gasteiger partial charge in [0.25, 0.3) is 11.5 Å². The lowest BCUT2D eigenvalue weighted by Crippen LogP contribution is -2.29. The molecule has 0 fully saturated rings. The third-order valence-corrected chi connectivity index (χ3v) is 5.33. The van der Waals surface area contributed by atoms with Crippen LogP contribution in [0.5, 0.6) is 0 Å². The molecule has 0 saturated carbocycles. The summed E-state index contributed by atoms with van der Waals surface area (Å²) >= 11 is 3.34. The molecule has 0 unspecified atom stereocenters. The van der Waals surface area contributed by atoms with E-state index < -0.39 is 5.91 Å².